The van der Waals surface area contributed by atoms with E-state index in [4.69, 9.17) is 11.5 Å². The van der Waals surface area contributed by atoms with E-state index in [2.05, 4.69) is 13.0 Å². The fourth-order valence-electron chi connectivity index (χ4n) is 1.24. The van der Waals surface area contributed by atoms with Crippen LogP contribution in [0.1, 0.15) is 31.4 Å². The topological polar surface area (TPSA) is 52.0 Å². The van der Waals surface area contributed by atoms with E-state index >= 15 is 0 Å². The summed E-state index contributed by atoms with van der Waals surface area (Å²) in [5.74, 6) is 0. The summed E-state index contributed by atoms with van der Waals surface area (Å²) in [7, 11) is 0. The third kappa shape index (κ3) is 2.01. The number of aryl methyl sites for hydroxylation is 1. The van der Waals surface area contributed by atoms with Gasteiger partial charge in [-0.05, 0) is 37.5 Å². The molecule has 0 aliphatic carbocycles. The Morgan fingerprint density at radius 3 is 2.46 bits per heavy atom. The molecule has 0 saturated heterocycles. The summed E-state index contributed by atoms with van der Waals surface area (Å²) in [4.78, 5) is 0. The molecule has 2 nitrogen and oxygen atoms in total. The third-order valence-corrected chi connectivity index (χ3v) is 2.66. The van der Waals surface area contributed by atoms with Crippen LogP contribution in [0.4, 0.5) is 5.69 Å². The van der Waals surface area contributed by atoms with Crippen LogP contribution in [0.15, 0.2) is 18.2 Å². The highest BCUT2D eigenvalue weighted by Crippen LogP contribution is 2.24. The van der Waals surface area contributed by atoms with E-state index in [1.54, 1.807) is 0 Å². The van der Waals surface area contributed by atoms with Crippen molar-refractivity contribution in [1.82, 2.24) is 0 Å². The molecule has 0 saturated carbocycles. The predicted octanol–water partition coefficient (Wildman–Crippen LogP) is 2.16. The zero-order valence-electron chi connectivity index (χ0n) is 8.59. The maximum Gasteiger partial charge on any atom is 0.0378 e. The maximum atomic E-state index is 6.12. The van der Waals surface area contributed by atoms with Gasteiger partial charge in [0.1, 0.15) is 0 Å². The van der Waals surface area contributed by atoms with Crippen LogP contribution in [0, 0.1) is 6.92 Å². The van der Waals surface area contributed by atoms with Crippen molar-refractivity contribution in [3.05, 3.63) is 29.3 Å². The van der Waals surface area contributed by atoms with E-state index in [0.29, 0.717) is 0 Å². The van der Waals surface area contributed by atoms with Gasteiger partial charge in [-0.2, -0.15) is 0 Å². The molecule has 1 atom stereocenters. The fraction of sp³-hybridized carbons (Fsp3) is 0.455. The fourth-order valence-corrected chi connectivity index (χ4v) is 1.24. The van der Waals surface area contributed by atoms with E-state index < -0.39 is 0 Å². The van der Waals surface area contributed by atoms with Gasteiger partial charge in [0.05, 0.1) is 0 Å². The van der Waals surface area contributed by atoms with Crippen LogP contribution in [0.3, 0.4) is 0 Å². The van der Waals surface area contributed by atoms with Crippen LogP contribution in [-0.4, -0.2) is 0 Å². The molecule has 0 aromatic heterocycles. The Morgan fingerprint density at radius 1 is 1.38 bits per heavy atom. The average Bonchev–Trinajstić information content (AvgIpc) is 2.09. The number of benzene rings is 1. The number of anilines is 1. The van der Waals surface area contributed by atoms with Crippen molar-refractivity contribution in [2.75, 3.05) is 5.73 Å². The SMILES string of the molecule is CCC(C)(N)c1ccc(N)c(C)c1. The normalized spacial score (nSPS) is 15.4. The monoisotopic (exact) mass is 178 g/mol. The standard InChI is InChI=1S/C11H18N2/c1-4-11(3,13)9-5-6-10(12)8(2)7-9/h5-7H,4,12-13H2,1-3H3. The number of hydrogen-bond donors (Lipinski definition) is 2. The second kappa shape index (κ2) is 3.38. The van der Waals surface area contributed by atoms with E-state index in [1.165, 1.54) is 0 Å². The highest BCUT2D eigenvalue weighted by atomic mass is 14.7. The lowest BCUT2D eigenvalue weighted by atomic mass is 9.89. The largest absolute Gasteiger partial charge is 0.399 e. The van der Waals surface area contributed by atoms with Crippen molar-refractivity contribution in [2.45, 2.75) is 32.7 Å². The van der Waals surface area contributed by atoms with Crippen molar-refractivity contribution in [2.24, 2.45) is 5.73 Å². The van der Waals surface area contributed by atoms with Gasteiger partial charge in [-0.1, -0.05) is 19.1 Å². The molecule has 1 rings (SSSR count). The molecule has 1 unspecified atom stereocenters. The number of nitrogens with two attached hydrogens (primary N) is 2. The van der Waals surface area contributed by atoms with Crippen molar-refractivity contribution < 1.29 is 0 Å². The molecule has 0 amide bonds. The molecule has 72 valence electrons. The lowest BCUT2D eigenvalue weighted by Gasteiger charge is -2.24. The first-order valence-corrected chi connectivity index (χ1v) is 4.63. The van der Waals surface area contributed by atoms with Gasteiger partial charge >= 0.3 is 0 Å². The van der Waals surface area contributed by atoms with Gasteiger partial charge in [0.25, 0.3) is 0 Å². The average molecular weight is 178 g/mol. The molecule has 1 aromatic carbocycles. The van der Waals surface area contributed by atoms with Gasteiger partial charge < -0.3 is 11.5 Å². The van der Waals surface area contributed by atoms with Crippen molar-refractivity contribution in [1.29, 1.82) is 0 Å². The summed E-state index contributed by atoms with van der Waals surface area (Å²) in [6.45, 7) is 6.13. The molecule has 0 aliphatic heterocycles. The van der Waals surface area contributed by atoms with Crippen LogP contribution in [-0.2, 0) is 5.54 Å². The molecule has 13 heavy (non-hydrogen) atoms. The van der Waals surface area contributed by atoms with E-state index in [1.807, 2.05) is 26.0 Å². The summed E-state index contributed by atoms with van der Waals surface area (Å²) in [5, 5.41) is 0. The number of rotatable bonds is 2. The molecule has 0 fully saturated rings. The van der Waals surface area contributed by atoms with Crippen LogP contribution >= 0.6 is 0 Å². The van der Waals surface area contributed by atoms with E-state index in [-0.39, 0.29) is 5.54 Å². The molecular formula is C11H18N2. The lowest BCUT2D eigenvalue weighted by Crippen LogP contribution is -2.31. The summed E-state index contributed by atoms with van der Waals surface area (Å²) in [5.41, 5.74) is 14.7. The van der Waals surface area contributed by atoms with Gasteiger partial charge in [0.2, 0.25) is 0 Å². The van der Waals surface area contributed by atoms with E-state index in [0.717, 1.165) is 23.2 Å². The van der Waals surface area contributed by atoms with Gasteiger partial charge in [-0.3, -0.25) is 0 Å². The van der Waals surface area contributed by atoms with Gasteiger partial charge in [0, 0.05) is 11.2 Å². The highest BCUT2D eigenvalue weighted by molar-refractivity contribution is 5.48. The molecule has 0 heterocycles. The van der Waals surface area contributed by atoms with Crippen molar-refractivity contribution in [3.63, 3.8) is 0 Å². The smallest absolute Gasteiger partial charge is 0.0378 e. The van der Waals surface area contributed by atoms with Crippen LogP contribution in [0.2, 0.25) is 0 Å². The predicted molar refractivity (Wildman–Crippen MR) is 57.4 cm³/mol. The van der Waals surface area contributed by atoms with Crippen LogP contribution < -0.4 is 11.5 Å². The first-order chi connectivity index (χ1) is 5.97. The third-order valence-electron chi connectivity index (χ3n) is 2.66. The summed E-state index contributed by atoms with van der Waals surface area (Å²) in [6, 6.07) is 6.00. The summed E-state index contributed by atoms with van der Waals surface area (Å²) in [6.07, 6.45) is 0.927. The van der Waals surface area contributed by atoms with Gasteiger partial charge in [0.15, 0.2) is 0 Å². The maximum absolute atomic E-state index is 6.12. The van der Waals surface area contributed by atoms with Gasteiger partial charge in [-0.15, -0.1) is 0 Å². The number of hydrogen-bond acceptors (Lipinski definition) is 2. The highest BCUT2D eigenvalue weighted by Gasteiger charge is 2.18. The second-order valence-electron chi connectivity index (χ2n) is 3.84. The molecule has 0 bridgehead atoms. The Labute approximate surface area is 79.9 Å². The zero-order chi connectivity index (χ0) is 10.1. The van der Waals surface area contributed by atoms with Crippen LogP contribution in [0.5, 0.6) is 0 Å². The van der Waals surface area contributed by atoms with Gasteiger partial charge in [-0.25, -0.2) is 0 Å². The Hall–Kier alpha value is -1.02. The zero-order valence-corrected chi connectivity index (χ0v) is 8.59. The van der Waals surface area contributed by atoms with E-state index in [9.17, 15) is 0 Å². The quantitative estimate of drug-likeness (QED) is 0.682. The molecule has 0 spiro atoms. The lowest BCUT2D eigenvalue weighted by molar-refractivity contribution is 0.476. The first-order valence-electron chi connectivity index (χ1n) is 4.63. The number of nitrogen functional groups attached to an aromatic ring is 1. The second-order valence-corrected chi connectivity index (χ2v) is 3.84. The Morgan fingerprint density at radius 2 is 2.00 bits per heavy atom. The Kier molecular flexibility index (Phi) is 2.62. The first kappa shape index (κ1) is 10.1. The molecule has 1 aromatic rings. The minimum Gasteiger partial charge on any atom is -0.399 e. The van der Waals surface area contributed by atoms with Crippen molar-refractivity contribution >= 4 is 5.69 Å². The molecule has 0 aliphatic rings. The molecule has 0 radical (unpaired) electrons. The molecule has 2 heteroatoms. The minimum atomic E-state index is -0.238. The molecule has 4 N–H and O–H groups in total. The summed E-state index contributed by atoms with van der Waals surface area (Å²) >= 11 is 0. The summed E-state index contributed by atoms with van der Waals surface area (Å²) < 4.78 is 0. The van der Waals surface area contributed by atoms with Crippen LogP contribution in [0.25, 0.3) is 0 Å². The molecular weight excluding hydrogens is 160 g/mol. The Bertz CT molecular complexity index is 303. The Balaban J connectivity index is 3.10. The minimum absolute atomic E-state index is 0.238. The van der Waals surface area contributed by atoms with Crippen molar-refractivity contribution in [3.8, 4) is 0 Å².